The molecular formula is C8H13N3S. The van der Waals surface area contributed by atoms with Crippen molar-refractivity contribution < 1.29 is 0 Å². The molecule has 0 saturated carbocycles. The number of hydrogen-bond acceptors (Lipinski definition) is 2. The van der Waals surface area contributed by atoms with E-state index in [2.05, 4.69) is 5.10 Å². The van der Waals surface area contributed by atoms with Crippen LogP contribution in [0.1, 0.15) is 19.3 Å². The van der Waals surface area contributed by atoms with Crippen LogP contribution in [0.5, 0.6) is 0 Å². The van der Waals surface area contributed by atoms with Crippen LogP contribution >= 0.6 is 12.2 Å². The molecule has 1 heterocycles. The highest BCUT2D eigenvalue weighted by Crippen LogP contribution is 1.98. The maximum atomic E-state index is 5.36. The average Bonchev–Trinajstić information content (AvgIpc) is 2.49. The molecule has 0 aliphatic heterocycles. The van der Waals surface area contributed by atoms with Crippen LogP contribution < -0.4 is 5.73 Å². The van der Waals surface area contributed by atoms with Crippen LogP contribution in [0.25, 0.3) is 0 Å². The number of aryl methyl sites for hydroxylation is 1. The number of hydrogen-bond donors (Lipinski definition) is 1. The van der Waals surface area contributed by atoms with Crippen molar-refractivity contribution in [2.75, 3.05) is 0 Å². The molecule has 2 N–H and O–H groups in total. The molecule has 1 aromatic rings. The molecule has 0 aliphatic carbocycles. The molecule has 0 aromatic carbocycles. The van der Waals surface area contributed by atoms with Crippen molar-refractivity contribution in [1.29, 1.82) is 0 Å². The molecular weight excluding hydrogens is 170 g/mol. The third-order valence-electron chi connectivity index (χ3n) is 1.62. The van der Waals surface area contributed by atoms with E-state index in [-0.39, 0.29) is 0 Å². The molecule has 0 unspecified atom stereocenters. The number of rotatable bonds is 5. The lowest BCUT2D eigenvalue weighted by Crippen LogP contribution is -2.07. The van der Waals surface area contributed by atoms with Crippen molar-refractivity contribution in [3.63, 3.8) is 0 Å². The molecule has 0 atom stereocenters. The molecule has 12 heavy (non-hydrogen) atoms. The van der Waals surface area contributed by atoms with E-state index in [0.717, 1.165) is 25.8 Å². The van der Waals surface area contributed by atoms with Gasteiger partial charge in [0.25, 0.3) is 0 Å². The minimum atomic E-state index is 0.607. The van der Waals surface area contributed by atoms with Crippen LogP contribution in [-0.4, -0.2) is 14.8 Å². The van der Waals surface area contributed by atoms with Gasteiger partial charge in [-0.2, -0.15) is 5.10 Å². The fourth-order valence-electron chi connectivity index (χ4n) is 1.01. The van der Waals surface area contributed by atoms with Crippen molar-refractivity contribution in [3.05, 3.63) is 18.5 Å². The average molecular weight is 183 g/mol. The Kier molecular flexibility index (Phi) is 3.73. The predicted octanol–water partition coefficient (Wildman–Crippen LogP) is 1.34. The summed E-state index contributed by atoms with van der Waals surface area (Å²) in [4.78, 5) is 0.607. The lowest BCUT2D eigenvalue weighted by molar-refractivity contribution is 0.564. The summed E-state index contributed by atoms with van der Waals surface area (Å²) in [7, 11) is 0. The van der Waals surface area contributed by atoms with Gasteiger partial charge in [0.15, 0.2) is 0 Å². The third-order valence-corrected chi connectivity index (χ3v) is 1.82. The van der Waals surface area contributed by atoms with E-state index >= 15 is 0 Å². The summed E-state index contributed by atoms with van der Waals surface area (Å²) in [5.41, 5.74) is 5.36. The topological polar surface area (TPSA) is 43.8 Å². The Hall–Kier alpha value is -0.900. The summed E-state index contributed by atoms with van der Waals surface area (Å²) in [6, 6.07) is 1.92. The van der Waals surface area contributed by atoms with E-state index < -0.39 is 0 Å². The Balaban J connectivity index is 2.07. The van der Waals surface area contributed by atoms with E-state index in [1.54, 1.807) is 6.20 Å². The van der Waals surface area contributed by atoms with E-state index in [4.69, 9.17) is 18.0 Å². The SMILES string of the molecule is NC(=S)CCCCn1cccn1. The van der Waals surface area contributed by atoms with E-state index in [1.165, 1.54) is 0 Å². The highest BCUT2D eigenvalue weighted by molar-refractivity contribution is 7.80. The summed E-state index contributed by atoms with van der Waals surface area (Å²) in [5, 5.41) is 4.09. The van der Waals surface area contributed by atoms with Crippen molar-refractivity contribution in [1.82, 2.24) is 9.78 Å². The first kappa shape index (κ1) is 9.19. The second-order valence-electron chi connectivity index (χ2n) is 2.69. The molecule has 0 aliphatic rings. The van der Waals surface area contributed by atoms with Gasteiger partial charge >= 0.3 is 0 Å². The molecule has 0 bridgehead atoms. The molecule has 3 nitrogen and oxygen atoms in total. The Morgan fingerprint density at radius 2 is 2.33 bits per heavy atom. The number of unbranched alkanes of at least 4 members (excludes halogenated alkanes) is 1. The monoisotopic (exact) mass is 183 g/mol. The van der Waals surface area contributed by atoms with Gasteiger partial charge in [-0.25, -0.2) is 0 Å². The maximum absolute atomic E-state index is 5.36. The van der Waals surface area contributed by atoms with Gasteiger partial charge in [-0.1, -0.05) is 12.2 Å². The Bertz CT molecular complexity index is 230. The van der Waals surface area contributed by atoms with E-state index in [0.29, 0.717) is 4.99 Å². The highest BCUT2D eigenvalue weighted by atomic mass is 32.1. The van der Waals surface area contributed by atoms with Crippen molar-refractivity contribution in [3.8, 4) is 0 Å². The van der Waals surface area contributed by atoms with Gasteiger partial charge in [-0.15, -0.1) is 0 Å². The van der Waals surface area contributed by atoms with Crippen molar-refractivity contribution in [2.24, 2.45) is 5.73 Å². The van der Waals surface area contributed by atoms with Gasteiger partial charge in [-0.3, -0.25) is 4.68 Å². The second-order valence-corrected chi connectivity index (χ2v) is 3.22. The Morgan fingerprint density at radius 3 is 2.92 bits per heavy atom. The lowest BCUT2D eigenvalue weighted by Gasteiger charge is -2.00. The van der Waals surface area contributed by atoms with Gasteiger partial charge in [0.1, 0.15) is 0 Å². The molecule has 66 valence electrons. The summed E-state index contributed by atoms with van der Waals surface area (Å²) >= 11 is 4.76. The third kappa shape index (κ3) is 3.48. The fraction of sp³-hybridized carbons (Fsp3) is 0.500. The van der Waals surface area contributed by atoms with E-state index in [1.807, 2.05) is 16.9 Å². The smallest absolute Gasteiger partial charge is 0.0727 e. The highest BCUT2D eigenvalue weighted by Gasteiger charge is 1.92. The molecule has 1 aromatic heterocycles. The number of nitrogens with zero attached hydrogens (tertiary/aromatic N) is 2. The second kappa shape index (κ2) is 4.87. The standard InChI is InChI=1S/C8H13N3S/c9-8(12)4-1-2-6-11-7-3-5-10-11/h3,5,7H,1-2,4,6H2,(H2,9,12). The van der Waals surface area contributed by atoms with Gasteiger partial charge in [-0.05, 0) is 25.3 Å². The van der Waals surface area contributed by atoms with Crippen molar-refractivity contribution >= 4 is 17.2 Å². The molecule has 0 saturated heterocycles. The van der Waals surface area contributed by atoms with Crippen LogP contribution in [-0.2, 0) is 6.54 Å². The predicted molar refractivity (Wildman–Crippen MR) is 52.9 cm³/mol. The molecule has 1 rings (SSSR count). The first-order chi connectivity index (χ1) is 5.79. The number of nitrogens with two attached hydrogens (primary N) is 1. The molecule has 0 fully saturated rings. The van der Waals surface area contributed by atoms with Crippen LogP contribution in [0.3, 0.4) is 0 Å². The van der Waals surface area contributed by atoms with E-state index in [9.17, 15) is 0 Å². The largest absolute Gasteiger partial charge is 0.393 e. The zero-order chi connectivity index (χ0) is 8.81. The van der Waals surface area contributed by atoms with Gasteiger partial charge in [0.2, 0.25) is 0 Å². The summed E-state index contributed by atoms with van der Waals surface area (Å²) < 4.78 is 1.92. The van der Waals surface area contributed by atoms with Crippen LogP contribution in [0.15, 0.2) is 18.5 Å². The van der Waals surface area contributed by atoms with Gasteiger partial charge in [0, 0.05) is 18.9 Å². The van der Waals surface area contributed by atoms with Crippen molar-refractivity contribution in [2.45, 2.75) is 25.8 Å². The summed E-state index contributed by atoms with van der Waals surface area (Å²) in [6.07, 6.45) is 6.72. The van der Waals surface area contributed by atoms with Crippen LogP contribution in [0.4, 0.5) is 0 Å². The van der Waals surface area contributed by atoms with Crippen LogP contribution in [0, 0.1) is 0 Å². The zero-order valence-corrected chi connectivity index (χ0v) is 7.76. The molecule has 0 spiro atoms. The molecule has 4 heteroatoms. The minimum Gasteiger partial charge on any atom is -0.393 e. The quantitative estimate of drug-likeness (QED) is 0.553. The number of thiocarbonyl (C=S) groups is 1. The Labute approximate surface area is 77.6 Å². The Morgan fingerprint density at radius 1 is 1.50 bits per heavy atom. The summed E-state index contributed by atoms with van der Waals surface area (Å²) in [6.45, 7) is 0.954. The summed E-state index contributed by atoms with van der Waals surface area (Å²) in [5.74, 6) is 0. The van der Waals surface area contributed by atoms with Gasteiger partial charge in [0.05, 0.1) is 4.99 Å². The fourth-order valence-corrected chi connectivity index (χ4v) is 1.15. The zero-order valence-electron chi connectivity index (χ0n) is 6.94. The minimum absolute atomic E-state index is 0.607. The number of aromatic nitrogens is 2. The van der Waals surface area contributed by atoms with Crippen LogP contribution in [0.2, 0.25) is 0 Å². The van der Waals surface area contributed by atoms with Gasteiger partial charge < -0.3 is 5.73 Å². The molecule has 0 amide bonds. The first-order valence-corrected chi connectivity index (χ1v) is 4.45. The first-order valence-electron chi connectivity index (χ1n) is 4.05. The maximum Gasteiger partial charge on any atom is 0.0727 e. The lowest BCUT2D eigenvalue weighted by atomic mass is 10.2. The molecule has 0 radical (unpaired) electrons. The normalized spacial score (nSPS) is 10.0.